The maximum absolute atomic E-state index is 6.02. The number of benzene rings is 1. The van der Waals surface area contributed by atoms with Gasteiger partial charge in [0.25, 0.3) is 0 Å². The molecule has 1 aromatic carbocycles. The maximum Gasteiger partial charge on any atom is 0.0845 e. The molecule has 2 N–H and O–H groups in total. The third-order valence-corrected chi connectivity index (χ3v) is 2.87. The first kappa shape index (κ1) is 13.2. The summed E-state index contributed by atoms with van der Waals surface area (Å²) in [6.45, 7) is 6.82. The molecule has 0 fully saturated rings. The van der Waals surface area contributed by atoms with Crippen LogP contribution in [0.15, 0.2) is 30.3 Å². The van der Waals surface area contributed by atoms with Crippen LogP contribution in [0.25, 0.3) is 0 Å². The SMILES string of the molecule is CCC(CN)(Cc1ccccc1)OC(C)C. The Morgan fingerprint density at radius 1 is 1.25 bits per heavy atom. The van der Waals surface area contributed by atoms with Crippen molar-refractivity contribution in [2.24, 2.45) is 5.73 Å². The predicted octanol–water partition coefficient (Wildman–Crippen LogP) is 2.76. The van der Waals surface area contributed by atoms with Crippen molar-refractivity contribution in [3.05, 3.63) is 35.9 Å². The zero-order valence-electron chi connectivity index (χ0n) is 10.6. The Labute approximate surface area is 98.8 Å². The van der Waals surface area contributed by atoms with E-state index in [1.54, 1.807) is 0 Å². The second kappa shape index (κ2) is 6.02. The highest BCUT2D eigenvalue weighted by atomic mass is 16.5. The van der Waals surface area contributed by atoms with Crippen LogP contribution in [0, 0.1) is 0 Å². The molecule has 0 radical (unpaired) electrons. The molecule has 0 aromatic heterocycles. The van der Waals surface area contributed by atoms with Crippen LogP contribution in [-0.2, 0) is 11.2 Å². The fourth-order valence-corrected chi connectivity index (χ4v) is 1.98. The molecular formula is C14H23NO. The van der Waals surface area contributed by atoms with Gasteiger partial charge in [0, 0.05) is 13.0 Å². The lowest BCUT2D eigenvalue weighted by molar-refractivity contribution is -0.0760. The van der Waals surface area contributed by atoms with Crippen molar-refractivity contribution in [1.82, 2.24) is 0 Å². The summed E-state index contributed by atoms with van der Waals surface area (Å²) in [7, 11) is 0. The molecule has 0 spiro atoms. The molecule has 1 aromatic rings. The second-order valence-electron chi connectivity index (χ2n) is 4.57. The third kappa shape index (κ3) is 3.62. The summed E-state index contributed by atoms with van der Waals surface area (Å²) in [5.74, 6) is 0. The fourth-order valence-electron chi connectivity index (χ4n) is 1.98. The van der Waals surface area contributed by atoms with Crippen LogP contribution < -0.4 is 5.73 Å². The third-order valence-electron chi connectivity index (χ3n) is 2.87. The highest BCUT2D eigenvalue weighted by Gasteiger charge is 2.28. The monoisotopic (exact) mass is 221 g/mol. The Morgan fingerprint density at radius 3 is 2.31 bits per heavy atom. The second-order valence-corrected chi connectivity index (χ2v) is 4.57. The van der Waals surface area contributed by atoms with Gasteiger partial charge in [-0.05, 0) is 25.8 Å². The quantitative estimate of drug-likeness (QED) is 0.801. The molecule has 0 bridgehead atoms. The largest absolute Gasteiger partial charge is 0.371 e. The highest BCUT2D eigenvalue weighted by molar-refractivity contribution is 5.17. The molecule has 0 aliphatic carbocycles. The van der Waals surface area contributed by atoms with Gasteiger partial charge in [-0.15, -0.1) is 0 Å². The summed E-state index contributed by atoms with van der Waals surface area (Å²) in [6.07, 6.45) is 2.04. The van der Waals surface area contributed by atoms with Gasteiger partial charge >= 0.3 is 0 Å². The molecule has 0 aliphatic rings. The van der Waals surface area contributed by atoms with Crippen molar-refractivity contribution in [3.63, 3.8) is 0 Å². The Kier molecular flexibility index (Phi) is 4.97. The summed E-state index contributed by atoms with van der Waals surface area (Å²) < 4.78 is 6.02. The van der Waals surface area contributed by atoms with Crippen LogP contribution in [0.1, 0.15) is 32.8 Å². The average Bonchev–Trinajstić information content (AvgIpc) is 2.29. The van der Waals surface area contributed by atoms with Crippen molar-refractivity contribution in [1.29, 1.82) is 0 Å². The van der Waals surface area contributed by atoms with Gasteiger partial charge in [-0.3, -0.25) is 0 Å². The molecule has 16 heavy (non-hydrogen) atoms. The first-order valence-corrected chi connectivity index (χ1v) is 6.03. The van der Waals surface area contributed by atoms with Gasteiger partial charge in [0.05, 0.1) is 11.7 Å². The van der Waals surface area contributed by atoms with E-state index >= 15 is 0 Å². The lowest BCUT2D eigenvalue weighted by Gasteiger charge is -2.34. The van der Waals surface area contributed by atoms with Crippen LogP contribution in [0.2, 0.25) is 0 Å². The van der Waals surface area contributed by atoms with E-state index < -0.39 is 0 Å². The number of rotatable bonds is 6. The van der Waals surface area contributed by atoms with E-state index in [0.29, 0.717) is 6.54 Å². The Hall–Kier alpha value is -0.860. The summed E-state index contributed by atoms with van der Waals surface area (Å²) >= 11 is 0. The lowest BCUT2D eigenvalue weighted by atomic mass is 9.91. The van der Waals surface area contributed by atoms with Crippen molar-refractivity contribution < 1.29 is 4.74 Å². The fraction of sp³-hybridized carbons (Fsp3) is 0.571. The van der Waals surface area contributed by atoms with E-state index in [1.165, 1.54) is 5.56 Å². The average molecular weight is 221 g/mol. The van der Waals surface area contributed by atoms with Gasteiger partial charge in [0.2, 0.25) is 0 Å². The summed E-state index contributed by atoms with van der Waals surface area (Å²) in [5, 5.41) is 0. The molecule has 2 heteroatoms. The summed E-state index contributed by atoms with van der Waals surface area (Å²) in [6, 6.07) is 10.4. The molecule has 0 aliphatic heterocycles. The topological polar surface area (TPSA) is 35.2 Å². The Bertz CT molecular complexity index is 291. The predicted molar refractivity (Wildman–Crippen MR) is 68.4 cm³/mol. The molecule has 0 amide bonds. The van der Waals surface area contributed by atoms with E-state index in [1.807, 2.05) is 6.07 Å². The molecule has 0 saturated heterocycles. The van der Waals surface area contributed by atoms with Crippen molar-refractivity contribution in [2.75, 3.05) is 6.54 Å². The maximum atomic E-state index is 6.02. The van der Waals surface area contributed by atoms with Gasteiger partial charge < -0.3 is 10.5 Å². The van der Waals surface area contributed by atoms with Gasteiger partial charge in [0.15, 0.2) is 0 Å². The van der Waals surface area contributed by atoms with E-state index in [2.05, 4.69) is 45.0 Å². The number of nitrogens with two attached hydrogens (primary N) is 1. The molecular weight excluding hydrogens is 198 g/mol. The standard InChI is InChI=1S/C14H23NO/c1-4-14(11-15,16-12(2)3)10-13-8-6-5-7-9-13/h5-9,12H,4,10-11,15H2,1-3H3. The molecule has 0 heterocycles. The van der Waals surface area contributed by atoms with Crippen molar-refractivity contribution >= 4 is 0 Å². The van der Waals surface area contributed by atoms with Gasteiger partial charge in [-0.25, -0.2) is 0 Å². The van der Waals surface area contributed by atoms with E-state index in [4.69, 9.17) is 10.5 Å². The number of ether oxygens (including phenoxy) is 1. The molecule has 1 atom stereocenters. The first-order valence-electron chi connectivity index (χ1n) is 6.03. The van der Waals surface area contributed by atoms with Crippen LogP contribution in [0.3, 0.4) is 0 Å². The highest BCUT2D eigenvalue weighted by Crippen LogP contribution is 2.22. The minimum absolute atomic E-state index is 0.213. The van der Waals surface area contributed by atoms with E-state index in [9.17, 15) is 0 Å². The van der Waals surface area contributed by atoms with Crippen molar-refractivity contribution in [3.8, 4) is 0 Å². The van der Waals surface area contributed by atoms with E-state index in [-0.39, 0.29) is 11.7 Å². The van der Waals surface area contributed by atoms with Crippen LogP contribution in [-0.4, -0.2) is 18.2 Å². The molecule has 90 valence electrons. The van der Waals surface area contributed by atoms with Gasteiger partial charge in [-0.1, -0.05) is 37.3 Å². The van der Waals surface area contributed by atoms with Crippen LogP contribution >= 0.6 is 0 Å². The smallest absolute Gasteiger partial charge is 0.0845 e. The number of hydrogen-bond acceptors (Lipinski definition) is 2. The molecule has 2 nitrogen and oxygen atoms in total. The van der Waals surface area contributed by atoms with Gasteiger partial charge in [-0.2, -0.15) is 0 Å². The molecule has 1 unspecified atom stereocenters. The zero-order chi connectivity index (χ0) is 12.0. The summed E-state index contributed by atoms with van der Waals surface area (Å²) in [5.41, 5.74) is 6.96. The zero-order valence-corrected chi connectivity index (χ0v) is 10.6. The van der Waals surface area contributed by atoms with Crippen LogP contribution in [0.4, 0.5) is 0 Å². The Balaban J connectivity index is 2.78. The minimum atomic E-state index is -0.213. The Morgan fingerprint density at radius 2 is 1.88 bits per heavy atom. The first-order chi connectivity index (χ1) is 7.62. The van der Waals surface area contributed by atoms with Gasteiger partial charge in [0.1, 0.15) is 0 Å². The summed E-state index contributed by atoms with van der Waals surface area (Å²) in [4.78, 5) is 0. The normalized spacial score (nSPS) is 15.1. The van der Waals surface area contributed by atoms with Crippen molar-refractivity contribution in [2.45, 2.75) is 45.3 Å². The van der Waals surface area contributed by atoms with Crippen LogP contribution in [0.5, 0.6) is 0 Å². The molecule has 1 rings (SSSR count). The van der Waals surface area contributed by atoms with E-state index in [0.717, 1.165) is 12.8 Å². The lowest BCUT2D eigenvalue weighted by Crippen LogP contribution is -2.44. The number of hydrogen-bond donors (Lipinski definition) is 1. The molecule has 0 saturated carbocycles. The minimum Gasteiger partial charge on any atom is -0.371 e.